The van der Waals surface area contributed by atoms with Gasteiger partial charge >= 0.3 is 0 Å². The average Bonchev–Trinajstić information content (AvgIpc) is 2.48. The fourth-order valence-corrected chi connectivity index (χ4v) is 1.63. The van der Waals surface area contributed by atoms with Crippen LogP contribution in [0.4, 0.5) is 10.1 Å². The van der Waals surface area contributed by atoms with E-state index in [-0.39, 0.29) is 16.9 Å². The van der Waals surface area contributed by atoms with Crippen molar-refractivity contribution in [3.8, 4) is 0 Å². The van der Waals surface area contributed by atoms with Crippen molar-refractivity contribution in [2.45, 2.75) is 0 Å². The summed E-state index contributed by atoms with van der Waals surface area (Å²) in [7, 11) is 0. The van der Waals surface area contributed by atoms with Gasteiger partial charge in [-0.3, -0.25) is 9.59 Å². The monoisotopic (exact) mass is 290 g/mol. The van der Waals surface area contributed by atoms with Crippen LogP contribution in [0.15, 0.2) is 46.3 Å². The highest BCUT2D eigenvalue weighted by atomic mass is 19.1. The highest BCUT2D eigenvalue weighted by Crippen LogP contribution is 2.15. The van der Waals surface area contributed by atoms with E-state index >= 15 is 0 Å². The molecule has 8 heteroatoms. The summed E-state index contributed by atoms with van der Waals surface area (Å²) in [5.74, 6) is -1.70. The molecular formula is C13H11FN4O3. The van der Waals surface area contributed by atoms with E-state index in [4.69, 9.17) is 10.9 Å². The van der Waals surface area contributed by atoms with Crippen LogP contribution in [-0.2, 0) is 0 Å². The van der Waals surface area contributed by atoms with Crippen LogP contribution in [0.25, 0.3) is 0 Å². The van der Waals surface area contributed by atoms with Gasteiger partial charge in [0.2, 0.25) is 5.56 Å². The quantitative estimate of drug-likeness (QED) is 0.290. The SMILES string of the molecule is N/C(=N/O)c1cc(NC(=O)c2cccc(=O)[nH]2)ccc1F. The number of carbonyl (C=O) groups is 1. The Balaban J connectivity index is 2.28. The largest absolute Gasteiger partial charge is 0.409 e. The number of oxime groups is 1. The molecule has 21 heavy (non-hydrogen) atoms. The van der Waals surface area contributed by atoms with Crippen molar-refractivity contribution >= 4 is 17.4 Å². The first-order valence-corrected chi connectivity index (χ1v) is 5.79. The summed E-state index contributed by atoms with van der Waals surface area (Å²) < 4.78 is 13.5. The number of halogens is 1. The number of anilines is 1. The second-order valence-electron chi connectivity index (χ2n) is 4.06. The zero-order chi connectivity index (χ0) is 15.4. The van der Waals surface area contributed by atoms with Gasteiger partial charge in [-0.15, -0.1) is 0 Å². The predicted molar refractivity (Wildman–Crippen MR) is 73.9 cm³/mol. The number of hydrogen-bond donors (Lipinski definition) is 4. The summed E-state index contributed by atoms with van der Waals surface area (Å²) >= 11 is 0. The Kier molecular flexibility index (Phi) is 3.98. The molecule has 108 valence electrons. The summed E-state index contributed by atoms with van der Waals surface area (Å²) in [6.45, 7) is 0. The number of nitrogens with one attached hydrogen (secondary N) is 2. The number of pyridine rings is 1. The Bertz CT molecular complexity index is 770. The van der Waals surface area contributed by atoms with Gasteiger partial charge < -0.3 is 21.2 Å². The number of amidine groups is 1. The van der Waals surface area contributed by atoms with Crippen LogP contribution in [0.1, 0.15) is 16.1 Å². The molecule has 5 N–H and O–H groups in total. The molecule has 0 spiro atoms. The third-order valence-corrected chi connectivity index (χ3v) is 2.62. The van der Waals surface area contributed by atoms with Gasteiger partial charge in [-0.05, 0) is 24.3 Å². The minimum atomic E-state index is -0.698. The molecule has 1 heterocycles. The molecule has 0 radical (unpaired) electrons. The first-order valence-electron chi connectivity index (χ1n) is 5.79. The maximum atomic E-state index is 13.5. The second kappa shape index (κ2) is 5.87. The Morgan fingerprint density at radius 2 is 2.10 bits per heavy atom. The molecular weight excluding hydrogens is 279 g/mol. The van der Waals surface area contributed by atoms with Crippen LogP contribution in [0.3, 0.4) is 0 Å². The molecule has 0 aliphatic carbocycles. The molecule has 1 aromatic carbocycles. The van der Waals surface area contributed by atoms with Crippen molar-refractivity contribution in [3.63, 3.8) is 0 Å². The van der Waals surface area contributed by atoms with E-state index in [1.165, 1.54) is 30.3 Å². The standard InChI is InChI=1S/C13H11FN4O3/c14-9-5-4-7(6-8(9)12(15)18-21)16-13(20)10-2-1-3-11(19)17-10/h1-6,21H,(H2,15,18)(H,16,20)(H,17,19). The smallest absolute Gasteiger partial charge is 0.272 e. The van der Waals surface area contributed by atoms with Gasteiger partial charge in [0.1, 0.15) is 11.5 Å². The summed E-state index contributed by atoms with van der Waals surface area (Å²) in [6.07, 6.45) is 0. The van der Waals surface area contributed by atoms with Crippen molar-refractivity contribution in [1.82, 2.24) is 4.98 Å². The number of H-pyrrole nitrogens is 1. The van der Waals surface area contributed by atoms with Gasteiger partial charge in [0, 0.05) is 11.8 Å². The van der Waals surface area contributed by atoms with Gasteiger partial charge in [0.05, 0.1) is 5.56 Å². The zero-order valence-corrected chi connectivity index (χ0v) is 10.6. The minimum absolute atomic E-state index is 0.0529. The molecule has 0 aliphatic rings. The van der Waals surface area contributed by atoms with Crippen LogP contribution in [0.2, 0.25) is 0 Å². The maximum absolute atomic E-state index is 13.5. The van der Waals surface area contributed by atoms with E-state index in [2.05, 4.69) is 15.5 Å². The molecule has 1 amide bonds. The van der Waals surface area contributed by atoms with E-state index in [0.29, 0.717) is 0 Å². The molecule has 0 saturated carbocycles. The fraction of sp³-hybridized carbons (Fsp3) is 0. The normalized spacial score (nSPS) is 11.2. The maximum Gasteiger partial charge on any atom is 0.272 e. The summed E-state index contributed by atoms with van der Waals surface area (Å²) in [5.41, 5.74) is 5.03. The van der Waals surface area contributed by atoms with Gasteiger partial charge in [-0.25, -0.2) is 4.39 Å². The molecule has 0 unspecified atom stereocenters. The van der Waals surface area contributed by atoms with Gasteiger partial charge in [0.15, 0.2) is 5.84 Å². The average molecular weight is 290 g/mol. The first kappa shape index (κ1) is 14.3. The van der Waals surface area contributed by atoms with Crippen LogP contribution in [0.5, 0.6) is 0 Å². The highest BCUT2D eigenvalue weighted by molar-refractivity contribution is 6.04. The fourth-order valence-electron chi connectivity index (χ4n) is 1.63. The van der Waals surface area contributed by atoms with E-state index in [0.717, 1.165) is 6.07 Å². The molecule has 0 fully saturated rings. The highest BCUT2D eigenvalue weighted by Gasteiger charge is 2.11. The Morgan fingerprint density at radius 1 is 1.33 bits per heavy atom. The van der Waals surface area contributed by atoms with E-state index in [9.17, 15) is 14.0 Å². The Labute approximate surface area is 117 Å². The first-order chi connectivity index (χ1) is 10.0. The van der Waals surface area contributed by atoms with Crippen molar-refractivity contribution in [3.05, 3.63) is 63.8 Å². The van der Waals surface area contributed by atoms with Crippen LogP contribution >= 0.6 is 0 Å². The molecule has 7 nitrogen and oxygen atoms in total. The van der Waals surface area contributed by atoms with Crippen molar-refractivity contribution in [1.29, 1.82) is 0 Å². The topological polar surface area (TPSA) is 121 Å². The van der Waals surface area contributed by atoms with Crippen LogP contribution in [-0.4, -0.2) is 21.9 Å². The lowest BCUT2D eigenvalue weighted by Gasteiger charge is -2.07. The number of nitrogens with zero attached hydrogens (tertiary/aromatic N) is 1. The van der Waals surface area contributed by atoms with Crippen LogP contribution < -0.4 is 16.6 Å². The number of benzene rings is 1. The van der Waals surface area contributed by atoms with Crippen LogP contribution in [0, 0.1) is 5.82 Å². The molecule has 0 atom stereocenters. The number of amides is 1. The summed E-state index contributed by atoms with van der Waals surface area (Å²) in [4.78, 5) is 25.4. The third-order valence-electron chi connectivity index (χ3n) is 2.62. The number of aromatic amines is 1. The lowest BCUT2D eigenvalue weighted by Crippen LogP contribution is -2.19. The van der Waals surface area contributed by atoms with Crippen molar-refractivity contribution < 1.29 is 14.4 Å². The lowest BCUT2D eigenvalue weighted by molar-refractivity contribution is 0.102. The van der Waals surface area contributed by atoms with E-state index in [1.807, 2.05) is 0 Å². The third kappa shape index (κ3) is 3.24. The van der Waals surface area contributed by atoms with Crippen molar-refractivity contribution in [2.75, 3.05) is 5.32 Å². The van der Waals surface area contributed by atoms with Gasteiger partial charge in [-0.2, -0.15) is 0 Å². The molecule has 0 aliphatic heterocycles. The van der Waals surface area contributed by atoms with E-state index in [1.54, 1.807) is 0 Å². The molecule has 0 saturated heterocycles. The second-order valence-corrected chi connectivity index (χ2v) is 4.06. The molecule has 2 rings (SSSR count). The molecule has 2 aromatic rings. The summed E-state index contributed by atoms with van der Waals surface area (Å²) in [5, 5.41) is 13.7. The Hall–Kier alpha value is -3.16. The number of rotatable bonds is 3. The van der Waals surface area contributed by atoms with Crippen molar-refractivity contribution in [2.24, 2.45) is 10.9 Å². The van der Waals surface area contributed by atoms with E-state index < -0.39 is 23.1 Å². The number of nitrogens with two attached hydrogens (primary N) is 1. The molecule has 1 aromatic heterocycles. The predicted octanol–water partition coefficient (Wildman–Crippen LogP) is 0.861. The number of aromatic nitrogens is 1. The number of hydrogen-bond acceptors (Lipinski definition) is 4. The zero-order valence-electron chi connectivity index (χ0n) is 10.6. The van der Waals surface area contributed by atoms with Gasteiger partial charge in [-0.1, -0.05) is 11.2 Å². The Morgan fingerprint density at radius 3 is 2.76 bits per heavy atom. The minimum Gasteiger partial charge on any atom is -0.409 e. The van der Waals surface area contributed by atoms with Gasteiger partial charge in [0.25, 0.3) is 5.91 Å². The molecule has 0 bridgehead atoms. The number of carbonyl (C=O) groups excluding carboxylic acids is 1. The summed E-state index contributed by atoms with van der Waals surface area (Å²) in [6, 6.07) is 7.71. The lowest BCUT2D eigenvalue weighted by atomic mass is 10.1.